The Morgan fingerprint density at radius 3 is 2.90 bits per heavy atom. The first kappa shape index (κ1) is 15.7. The topological polar surface area (TPSA) is 85.4 Å². The molecule has 0 radical (unpaired) electrons. The van der Waals surface area contributed by atoms with E-state index in [1.165, 1.54) is 18.3 Å². The molecule has 2 heterocycles. The molecule has 2 rings (SSSR count). The summed E-state index contributed by atoms with van der Waals surface area (Å²) >= 11 is 0. The van der Waals surface area contributed by atoms with Gasteiger partial charge < -0.3 is 20.3 Å². The third kappa shape index (κ3) is 4.99. The molecule has 0 saturated carbocycles. The van der Waals surface area contributed by atoms with Crippen LogP contribution in [0.4, 0.5) is 0 Å². The SMILES string of the molecule is CC1CCN(CC(O)CNC(=O)c2cc[nH]c(=O)c2)CC1. The number of aromatic amines is 1. The molecule has 6 heteroatoms. The zero-order valence-corrected chi connectivity index (χ0v) is 12.3. The highest BCUT2D eigenvalue weighted by molar-refractivity contribution is 5.93. The number of rotatable bonds is 5. The Hall–Kier alpha value is -1.66. The summed E-state index contributed by atoms with van der Waals surface area (Å²) < 4.78 is 0. The average molecular weight is 293 g/mol. The predicted molar refractivity (Wildman–Crippen MR) is 80.2 cm³/mol. The van der Waals surface area contributed by atoms with Crippen LogP contribution < -0.4 is 10.9 Å². The summed E-state index contributed by atoms with van der Waals surface area (Å²) in [5.41, 5.74) is -0.0108. The summed E-state index contributed by atoms with van der Waals surface area (Å²) in [7, 11) is 0. The van der Waals surface area contributed by atoms with Crippen molar-refractivity contribution >= 4 is 5.91 Å². The Labute approximate surface area is 124 Å². The number of amides is 1. The van der Waals surface area contributed by atoms with Gasteiger partial charge >= 0.3 is 0 Å². The maximum atomic E-state index is 11.8. The van der Waals surface area contributed by atoms with Gasteiger partial charge in [-0.3, -0.25) is 9.59 Å². The number of β-amino-alcohol motifs (C(OH)–C–C–N with tert-alkyl or cyclic N) is 1. The second kappa shape index (κ2) is 7.38. The Balaban J connectivity index is 1.74. The fourth-order valence-electron chi connectivity index (χ4n) is 2.51. The van der Waals surface area contributed by atoms with Crippen LogP contribution in [0.2, 0.25) is 0 Å². The number of carbonyl (C=O) groups excluding carboxylic acids is 1. The molecule has 3 N–H and O–H groups in total. The Morgan fingerprint density at radius 1 is 1.52 bits per heavy atom. The maximum absolute atomic E-state index is 11.8. The predicted octanol–water partition coefficient (Wildman–Crippen LogP) is 0.198. The molecule has 1 aromatic heterocycles. The molecule has 1 aliphatic heterocycles. The molecule has 6 nitrogen and oxygen atoms in total. The van der Waals surface area contributed by atoms with E-state index in [0.29, 0.717) is 12.1 Å². The smallest absolute Gasteiger partial charge is 0.251 e. The number of hydrogen-bond acceptors (Lipinski definition) is 4. The number of likely N-dealkylation sites (tertiary alicyclic amines) is 1. The first-order valence-corrected chi connectivity index (χ1v) is 7.42. The van der Waals surface area contributed by atoms with Crippen LogP contribution in [-0.2, 0) is 0 Å². The molecule has 1 aromatic rings. The van der Waals surface area contributed by atoms with Crippen molar-refractivity contribution < 1.29 is 9.90 Å². The van der Waals surface area contributed by atoms with E-state index < -0.39 is 6.10 Å². The first-order valence-electron chi connectivity index (χ1n) is 7.42. The highest BCUT2D eigenvalue weighted by Gasteiger charge is 2.18. The first-order chi connectivity index (χ1) is 10.0. The van der Waals surface area contributed by atoms with Crippen molar-refractivity contribution in [2.45, 2.75) is 25.9 Å². The highest BCUT2D eigenvalue weighted by Crippen LogP contribution is 2.15. The fraction of sp³-hybridized carbons (Fsp3) is 0.600. The van der Waals surface area contributed by atoms with Gasteiger partial charge in [0, 0.05) is 30.9 Å². The van der Waals surface area contributed by atoms with Gasteiger partial charge in [-0.1, -0.05) is 6.92 Å². The molecule has 0 bridgehead atoms. The van der Waals surface area contributed by atoms with Crippen molar-refractivity contribution in [3.63, 3.8) is 0 Å². The van der Waals surface area contributed by atoms with Crippen LogP contribution in [0.1, 0.15) is 30.1 Å². The lowest BCUT2D eigenvalue weighted by Crippen LogP contribution is -2.43. The molecular formula is C15H23N3O3. The second-order valence-corrected chi connectivity index (χ2v) is 5.79. The lowest BCUT2D eigenvalue weighted by molar-refractivity contribution is 0.0795. The second-order valence-electron chi connectivity index (χ2n) is 5.79. The minimum Gasteiger partial charge on any atom is -0.390 e. The van der Waals surface area contributed by atoms with Crippen LogP contribution in [-0.4, -0.2) is 53.2 Å². The zero-order chi connectivity index (χ0) is 15.2. The number of nitrogens with zero attached hydrogens (tertiary/aromatic N) is 1. The van der Waals surface area contributed by atoms with Gasteiger partial charge in [0.05, 0.1) is 6.10 Å². The largest absolute Gasteiger partial charge is 0.390 e. The molecule has 1 fully saturated rings. The van der Waals surface area contributed by atoms with Crippen LogP contribution in [0.25, 0.3) is 0 Å². The Morgan fingerprint density at radius 2 is 2.24 bits per heavy atom. The number of carbonyl (C=O) groups is 1. The number of hydrogen-bond donors (Lipinski definition) is 3. The number of aliphatic hydroxyl groups is 1. The summed E-state index contributed by atoms with van der Waals surface area (Å²) in [4.78, 5) is 27.7. The van der Waals surface area contributed by atoms with E-state index in [1.807, 2.05) is 0 Å². The maximum Gasteiger partial charge on any atom is 0.251 e. The van der Waals surface area contributed by atoms with Crippen molar-refractivity contribution in [3.05, 3.63) is 34.2 Å². The average Bonchev–Trinajstić information content (AvgIpc) is 2.47. The minimum absolute atomic E-state index is 0.192. The lowest BCUT2D eigenvalue weighted by atomic mass is 9.99. The molecule has 1 aliphatic rings. The summed E-state index contributed by atoms with van der Waals surface area (Å²) in [6.45, 7) is 5.01. The molecule has 21 heavy (non-hydrogen) atoms. The van der Waals surface area contributed by atoms with Crippen molar-refractivity contribution in [1.29, 1.82) is 0 Å². The number of nitrogens with one attached hydrogen (secondary N) is 2. The van der Waals surface area contributed by atoms with E-state index in [0.717, 1.165) is 31.8 Å². The van der Waals surface area contributed by atoms with Gasteiger partial charge in [0.15, 0.2) is 0 Å². The van der Waals surface area contributed by atoms with Crippen LogP contribution in [0.5, 0.6) is 0 Å². The fourth-order valence-corrected chi connectivity index (χ4v) is 2.51. The van der Waals surface area contributed by atoms with Crippen LogP contribution in [0.15, 0.2) is 23.1 Å². The van der Waals surface area contributed by atoms with E-state index >= 15 is 0 Å². The lowest BCUT2D eigenvalue weighted by Gasteiger charge is -2.31. The van der Waals surface area contributed by atoms with Gasteiger partial charge in [-0.05, 0) is 37.9 Å². The molecule has 0 aliphatic carbocycles. The Kier molecular flexibility index (Phi) is 5.52. The van der Waals surface area contributed by atoms with Crippen LogP contribution in [0.3, 0.4) is 0 Å². The van der Waals surface area contributed by atoms with Gasteiger partial charge in [-0.2, -0.15) is 0 Å². The molecule has 0 aromatic carbocycles. The van der Waals surface area contributed by atoms with Crippen molar-refractivity contribution in [3.8, 4) is 0 Å². The van der Waals surface area contributed by atoms with Gasteiger partial charge in [-0.15, -0.1) is 0 Å². The standard InChI is InChI=1S/C15H23N3O3/c1-11-3-6-18(7-4-11)10-13(19)9-17-15(21)12-2-5-16-14(20)8-12/h2,5,8,11,13,19H,3-4,6-7,9-10H2,1H3,(H,16,20)(H,17,21). The van der Waals surface area contributed by atoms with Gasteiger partial charge in [0.2, 0.25) is 5.56 Å². The van der Waals surface area contributed by atoms with Gasteiger partial charge in [0.1, 0.15) is 0 Å². The molecule has 1 unspecified atom stereocenters. The number of aromatic nitrogens is 1. The van der Waals surface area contributed by atoms with Gasteiger partial charge in [-0.25, -0.2) is 0 Å². The number of aliphatic hydroxyl groups excluding tert-OH is 1. The normalized spacial score (nSPS) is 18.4. The summed E-state index contributed by atoms with van der Waals surface area (Å²) in [5, 5.41) is 12.6. The van der Waals surface area contributed by atoms with E-state index in [2.05, 4.69) is 22.1 Å². The van der Waals surface area contributed by atoms with Crippen LogP contribution in [0, 0.1) is 5.92 Å². The molecule has 116 valence electrons. The quantitative estimate of drug-likeness (QED) is 0.724. The van der Waals surface area contributed by atoms with Crippen molar-refractivity contribution in [2.24, 2.45) is 5.92 Å². The van der Waals surface area contributed by atoms with Gasteiger partial charge in [0.25, 0.3) is 5.91 Å². The summed E-state index contributed by atoms with van der Waals surface area (Å²) in [6, 6.07) is 2.78. The number of H-pyrrole nitrogens is 1. The molecule has 1 amide bonds. The minimum atomic E-state index is -0.593. The monoisotopic (exact) mass is 293 g/mol. The van der Waals surface area contributed by atoms with Crippen molar-refractivity contribution in [1.82, 2.24) is 15.2 Å². The molecule has 0 spiro atoms. The Bertz CT molecular complexity index is 521. The zero-order valence-electron chi connectivity index (χ0n) is 12.3. The van der Waals surface area contributed by atoms with E-state index in [4.69, 9.17) is 0 Å². The van der Waals surface area contributed by atoms with Crippen LogP contribution >= 0.6 is 0 Å². The summed E-state index contributed by atoms with van der Waals surface area (Å²) in [5.74, 6) is 0.418. The van der Waals surface area contributed by atoms with Crippen molar-refractivity contribution in [2.75, 3.05) is 26.2 Å². The third-order valence-electron chi connectivity index (χ3n) is 3.88. The highest BCUT2D eigenvalue weighted by atomic mass is 16.3. The molecule has 1 saturated heterocycles. The molecule has 1 atom stereocenters. The number of pyridine rings is 1. The van der Waals surface area contributed by atoms with E-state index in [-0.39, 0.29) is 18.0 Å². The number of piperidine rings is 1. The summed E-state index contributed by atoms with van der Waals surface area (Å²) in [6.07, 6.45) is 3.16. The van der Waals surface area contributed by atoms with E-state index in [1.54, 1.807) is 0 Å². The molecular weight excluding hydrogens is 270 g/mol. The third-order valence-corrected chi connectivity index (χ3v) is 3.88. The van der Waals surface area contributed by atoms with E-state index in [9.17, 15) is 14.7 Å².